The normalized spacial score (nSPS) is 18.9. The van der Waals surface area contributed by atoms with E-state index in [1.807, 2.05) is 32.0 Å². The van der Waals surface area contributed by atoms with Crippen LogP contribution in [0.25, 0.3) is 0 Å². The van der Waals surface area contributed by atoms with Crippen molar-refractivity contribution < 1.29 is 17.9 Å². The summed E-state index contributed by atoms with van der Waals surface area (Å²) < 4.78 is 29.2. The molecule has 2 rings (SSSR count). The molecular formula is C19H29NO4S. The molecule has 1 aromatic carbocycles. The third-order valence-electron chi connectivity index (χ3n) is 4.63. The van der Waals surface area contributed by atoms with Gasteiger partial charge in [0.15, 0.2) is 9.84 Å². The van der Waals surface area contributed by atoms with Crippen LogP contribution >= 0.6 is 0 Å². The lowest BCUT2D eigenvalue weighted by molar-refractivity contribution is -0.133. The van der Waals surface area contributed by atoms with E-state index >= 15 is 0 Å². The molecule has 1 aliphatic heterocycles. The van der Waals surface area contributed by atoms with Crippen molar-refractivity contribution >= 4 is 15.7 Å². The lowest BCUT2D eigenvalue weighted by Crippen LogP contribution is -2.42. The largest absolute Gasteiger partial charge is 0.493 e. The first-order valence-electron chi connectivity index (χ1n) is 9.02. The van der Waals surface area contributed by atoms with Gasteiger partial charge in [0.2, 0.25) is 5.91 Å². The second-order valence-corrected chi connectivity index (χ2v) is 9.09. The van der Waals surface area contributed by atoms with Gasteiger partial charge < -0.3 is 9.64 Å². The molecule has 0 aromatic heterocycles. The van der Waals surface area contributed by atoms with E-state index in [0.29, 0.717) is 19.6 Å². The first kappa shape index (κ1) is 19.8. The summed E-state index contributed by atoms with van der Waals surface area (Å²) in [4.78, 5) is 14.4. The Hall–Kier alpha value is -1.56. The number of rotatable bonds is 8. The fraction of sp³-hybridized carbons (Fsp3) is 0.632. The van der Waals surface area contributed by atoms with Crippen molar-refractivity contribution in [2.45, 2.75) is 52.5 Å². The highest BCUT2D eigenvalue weighted by atomic mass is 32.2. The second-order valence-electron chi connectivity index (χ2n) is 6.86. The Morgan fingerprint density at radius 3 is 2.68 bits per heavy atom. The molecule has 0 N–H and O–H groups in total. The summed E-state index contributed by atoms with van der Waals surface area (Å²) in [6, 6.07) is 5.79. The Morgan fingerprint density at radius 2 is 2.08 bits per heavy atom. The maximum atomic E-state index is 12.6. The highest BCUT2D eigenvalue weighted by Crippen LogP contribution is 2.21. The summed E-state index contributed by atoms with van der Waals surface area (Å²) >= 11 is 0. The van der Waals surface area contributed by atoms with Gasteiger partial charge in [0.25, 0.3) is 0 Å². The average Bonchev–Trinajstić information content (AvgIpc) is 2.89. The quantitative estimate of drug-likeness (QED) is 0.709. The monoisotopic (exact) mass is 367 g/mol. The number of amides is 1. The van der Waals surface area contributed by atoms with Crippen molar-refractivity contribution in [1.82, 2.24) is 4.90 Å². The second kappa shape index (κ2) is 8.70. The van der Waals surface area contributed by atoms with Crippen LogP contribution in [0.5, 0.6) is 5.75 Å². The SMILES string of the molecule is CCCCN(C(=O)CCOc1ccc(C)cc1C)C1CCS(=O)(=O)C1. The van der Waals surface area contributed by atoms with Crippen LogP contribution in [0.4, 0.5) is 0 Å². The maximum absolute atomic E-state index is 12.6. The topological polar surface area (TPSA) is 63.7 Å². The number of hydrogen-bond acceptors (Lipinski definition) is 4. The predicted octanol–water partition coefficient (Wildman–Crippen LogP) is 2.89. The van der Waals surface area contributed by atoms with Crippen LogP contribution in [-0.4, -0.2) is 49.9 Å². The molecule has 0 radical (unpaired) electrons. The first-order chi connectivity index (χ1) is 11.8. The Morgan fingerprint density at radius 1 is 1.32 bits per heavy atom. The molecule has 1 heterocycles. The molecule has 0 spiro atoms. The van der Waals surface area contributed by atoms with Gasteiger partial charge in [-0.25, -0.2) is 8.42 Å². The van der Waals surface area contributed by atoms with E-state index in [2.05, 4.69) is 6.92 Å². The number of hydrogen-bond donors (Lipinski definition) is 0. The highest BCUT2D eigenvalue weighted by molar-refractivity contribution is 7.91. The van der Waals surface area contributed by atoms with Gasteiger partial charge in [0.1, 0.15) is 5.75 Å². The maximum Gasteiger partial charge on any atom is 0.226 e. The molecule has 0 bridgehead atoms. The Bertz CT molecular complexity index is 699. The summed E-state index contributed by atoms with van der Waals surface area (Å²) in [6.07, 6.45) is 2.69. The number of sulfone groups is 1. The Labute approximate surface area is 151 Å². The van der Waals surface area contributed by atoms with Gasteiger partial charge in [-0.15, -0.1) is 0 Å². The van der Waals surface area contributed by atoms with E-state index in [1.54, 1.807) is 4.90 Å². The summed E-state index contributed by atoms with van der Waals surface area (Å²) in [6.45, 7) is 7.02. The smallest absolute Gasteiger partial charge is 0.226 e. The molecule has 0 aliphatic carbocycles. The average molecular weight is 368 g/mol. The minimum Gasteiger partial charge on any atom is -0.493 e. The van der Waals surface area contributed by atoms with Gasteiger partial charge in [-0.05, 0) is 38.3 Å². The lowest BCUT2D eigenvalue weighted by Gasteiger charge is -2.28. The van der Waals surface area contributed by atoms with Crippen LogP contribution in [0, 0.1) is 13.8 Å². The third kappa shape index (κ3) is 5.73. The third-order valence-corrected chi connectivity index (χ3v) is 6.38. The Balaban J connectivity index is 1.92. The minimum absolute atomic E-state index is 0.0136. The molecule has 1 amide bonds. The van der Waals surface area contributed by atoms with Crippen molar-refractivity contribution in [1.29, 1.82) is 0 Å². The number of carbonyl (C=O) groups is 1. The summed E-state index contributed by atoms with van der Waals surface area (Å²) in [5, 5.41) is 0. The molecule has 1 aromatic rings. The molecule has 1 aliphatic rings. The number of ether oxygens (including phenoxy) is 1. The highest BCUT2D eigenvalue weighted by Gasteiger charge is 2.34. The number of nitrogens with zero attached hydrogens (tertiary/aromatic N) is 1. The molecule has 6 heteroatoms. The van der Waals surface area contributed by atoms with Crippen LogP contribution in [0.1, 0.15) is 43.7 Å². The zero-order valence-electron chi connectivity index (χ0n) is 15.5. The van der Waals surface area contributed by atoms with Crippen LogP contribution in [-0.2, 0) is 14.6 Å². The van der Waals surface area contributed by atoms with Crippen molar-refractivity contribution in [2.24, 2.45) is 0 Å². The van der Waals surface area contributed by atoms with E-state index in [9.17, 15) is 13.2 Å². The zero-order valence-corrected chi connectivity index (χ0v) is 16.3. The molecule has 1 unspecified atom stereocenters. The van der Waals surface area contributed by atoms with Gasteiger partial charge in [0, 0.05) is 12.6 Å². The minimum atomic E-state index is -3.00. The summed E-state index contributed by atoms with van der Waals surface area (Å²) in [5.74, 6) is 1.06. The van der Waals surface area contributed by atoms with E-state index < -0.39 is 9.84 Å². The molecule has 140 valence electrons. The lowest BCUT2D eigenvalue weighted by atomic mass is 10.1. The van der Waals surface area contributed by atoms with Crippen molar-refractivity contribution in [3.63, 3.8) is 0 Å². The van der Waals surface area contributed by atoms with Crippen molar-refractivity contribution in [3.05, 3.63) is 29.3 Å². The van der Waals surface area contributed by atoms with Crippen LogP contribution < -0.4 is 4.74 Å². The van der Waals surface area contributed by atoms with Gasteiger partial charge in [-0.3, -0.25) is 4.79 Å². The van der Waals surface area contributed by atoms with E-state index in [0.717, 1.165) is 24.2 Å². The molecular weight excluding hydrogens is 338 g/mol. The van der Waals surface area contributed by atoms with E-state index in [-0.39, 0.29) is 29.9 Å². The van der Waals surface area contributed by atoms with Crippen molar-refractivity contribution in [2.75, 3.05) is 24.7 Å². The zero-order chi connectivity index (χ0) is 18.4. The van der Waals surface area contributed by atoms with Gasteiger partial charge in [0.05, 0.1) is 24.5 Å². The molecule has 1 fully saturated rings. The van der Waals surface area contributed by atoms with Crippen LogP contribution in [0.15, 0.2) is 18.2 Å². The number of unbranched alkanes of at least 4 members (excludes halogenated alkanes) is 1. The molecule has 5 nitrogen and oxygen atoms in total. The fourth-order valence-electron chi connectivity index (χ4n) is 3.21. The van der Waals surface area contributed by atoms with Gasteiger partial charge in [-0.1, -0.05) is 31.0 Å². The number of aryl methyl sites for hydroxylation is 2. The molecule has 1 atom stereocenters. The van der Waals surface area contributed by atoms with Crippen LogP contribution in [0.3, 0.4) is 0 Å². The van der Waals surface area contributed by atoms with Crippen molar-refractivity contribution in [3.8, 4) is 5.75 Å². The van der Waals surface area contributed by atoms with Crippen LogP contribution in [0.2, 0.25) is 0 Å². The Kier molecular flexibility index (Phi) is 6.87. The molecule has 25 heavy (non-hydrogen) atoms. The number of benzene rings is 1. The number of carbonyl (C=O) groups excluding carboxylic acids is 1. The predicted molar refractivity (Wildman–Crippen MR) is 99.7 cm³/mol. The standard InChI is InChI=1S/C19H29NO4S/c1-4-5-10-20(17-9-12-25(22,23)14-17)19(21)8-11-24-18-7-6-15(2)13-16(18)3/h6-7,13,17H,4-5,8-12,14H2,1-3H3. The fourth-order valence-corrected chi connectivity index (χ4v) is 4.94. The molecule has 0 saturated carbocycles. The van der Waals surface area contributed by atoms with Gasteiger partial charge in [-0.2, -0.15) is 0 Å². The van der Waals surface area contributed by atoms with E-state index in [1.165, 1.54) is 5.56 Å². The first-order valence-corrected chi connectivity index (χ1v) is 10.8. The summed E-state index contributed by atoms with van der Waals surface area (Å²) in [5.41, 5.74) is 2.23. The van der Waals surface area contributed by atoms with Gasteiger partial charge >= 0.3 is 0 Å². The van der Waals surface area contributed by atoms with E-state index in [4.69, 9.17) is 4.74 Å². The molecule has 1 saturated heterocycles. The summed E-state index contributed by atoms with van der Waals surface area (Å²) in [7, 11) is -3.00.